The quantitative estimate of drug-likeness (QED) is 0.221. The first-order chi connectivity index (χ1) is 17.6. The van der Waals surface area contributed by atoms with Crippen molar-refractivity contribution in [3.8, 4) is 0 Å². The molecule has 0 bridgehead atoms. The van der Waals surface area contributed by atoms with Crippen LogP contribution in [0.3, 0.4) is 0 Å². The van der Waals surface area contributed by atoms with Gasteiger partial charge in [0.05, 0.1) is 0 Å². The largest absolute Gasteiger partial charge is 0.434 e. The number of hydrogen-bond donors (Lipinski definition) is 6. The van der Waals surface area contributed by atoms with Gasteiger partial charge in [-0.2, -0.15) is 0 Å². The summed E-state index contributed by atoms with van der Waals surface area (Å²) >= 11 is 0. The maximum Gasteiger partial charge on any atom is 0.332 e. The van der Waals surface area contributed by atoms with E-state index in [0.29, 0.717) is 30.0 Å². The van der Waals surface area contributed by atoms with E-state index in [9.17, 15) is 40.2 Å². The Morgan fingerprint density at radius 3 is 2.18 bits per heavy atom. The minimum atomic E-state index is -3.93. The maximum atomic E-state index is 13.3. The lowest BCUT2D eigenvalue weighted by Crippen LogP contribution is -2.69. The average molecular weight is 535 g/mol. The number of carbonyl (C=O) groups is 2. The van der Waals surface area contributed by atoms with Gasteiger partial charge in [0.25, 0.3) is 5.60 Å². The van der Waals surface area contributed by atoms with Crippen molar-refractivity contribution in [1.82, 2.24) is 0 Å². The highest BCUT2D eigenvalue weighted by molar-refractivity contribution is 5.94. The molecule has 1 aliphatic heterocycles. The molecule has 5 rings (SSSR count). The Labute approximate surface area is 223 Å². The Kier molecular flexibility index (Phi) is 6.57. The lowest BCUT2D eigenvalue weighted by atomic mass is 9.47. The number of aliphatic hydroxyl groups is 6. The molecule has 0 aromatic rings. The highest BCUT2D eigenvalue weighted by Gasteiger charge is 2.70. The third-order valence-corrected chi connectivity index (χ3v) is 11.4. The molecule has 0 radical (unpaired) electrons. The fraction of sp³-hybridized carbons (Fsp3) is 0.793. The number of rotatable bonds is 6. The molecule has 0 amide bonds. The predicted molar refractivity (Wildman–Crippen MR) is 134 cm³/mol. The summed E-state index contributed by atoms with van der Waals surface area (Å²) in [6.07, 6.45) is 11.7. The smallest absolute Gasteiger partial charge is 0.332 e. The number of allylic oxidation sites excluding steroid dienone is 2. The van der Waals surface area contributed by atoms with E-state index in [-0.39, 0.29) is 34.7 Å². The summed E-state index contributed by atoms with van der Waals surface area (Å²) in [7, 11) is 0. The van der Waals surface area contributed by atoms with Gasteiger partial charge in [-0.25, -0.2) is 4.79 Å². The SMILES string of the molecule is C[C@H](CCC1=CC(=O)OC1(C(O)(O)O)C(O)(O)O)[C@H]1CC[C@H]2C3=CC(=O)C4CCCC[C@]4(C)[C@H]3CC[C@]12C. The van der Waals surface area contributed by atoms with E-state index in [1.807, 2.05) is 6.08 Å². The molecule has 212 valence electrons. The molecule has 0 saturated heterocycles. The van der Waals surface area contributed by atoms with Crippen LogP contribution in [0.4, 0.5) is 0 Å². The number of ether oxygens (including phenoxy) is 1. The molecule has 3 saturated carbocycles. The molecule has 9 heteroatoms. The van der Waals surface area contributed by atoms with Crippen molar-refractivity contribution in [2.75, 3.05) is 0 Å². The van der Waals surface area contributed by atoms with Gasteiger partial charge in [-0.1, -0.05) is 39.2 Å². The van der Waals surface area contributed by atoms with Crippen LogP contribution >= 0.6 is 0 Å². The van der Waals surface area contributed by atoms with E-state index in [1.165, 1.54) is 12.0 Å². The van der Waals surface area contributed by atoms with Gasteiger partial charge in [-0.05, 0) is 97.5 Å². The lowest BCUT2D eigenvalue weighted by Gasteiger charge is -2.56. The van der Waals surface area contributed by atoms with Crippen LogP contribution < -0.4 is 0 Å². The Bertz CT molecular complexity index is 1050. The molecule has 0 aromatic heterocycles. The topological polar surface area (TPSA) is 165 Å². The predicted octanol–water partition coefficient (Wildman–Crippen LogP) is 2.03. The zero-order valence-electron chi connectivity index (χ0n) is 22.5. The summed E-state index contributed by atoms with van der Waals surface area (Å²) in [5.74, 6) is -7.40. The molecule has 3 fully saturated rings. The number of ketones is 1. The van der Waals surface area contributed by atoms with E-state index in [1.54, 1.807) is 0 Å². The first-order valence-electron chi connectivity index (χ1n) is 14.1. The lowest BCUT2D eigenvalue weighted by molar-refractivity contribution is -0.479. The third kappa shape index (κ3) is 3.88. The highest BCUT2D eigenvalue weighted by atomic mass is 16.8. The van der Waals surface area contributed by atoms with Gasteiger partial charge in [0.1, 0.15) is 0 Å². The van der Waals surface area contributed by atoms with Crippen molar-refractivity contribution < 1.29 is 45.0 Å². The normalized spacial score (nSPS) is 39.5. The summed E-state index contributed by atoms with van der Waals surface area (Å²) in [6, 6.07) is 0. The van der Waals surface area contributed by atoms with Crippen molar-refractivity contribution in [3.63, 3.8) is 0 Å². The van der Waals surface area contributed by atoms with Crippen molar-refractivity contribution in [2.45, 2.75) is 103 Å². The molecule has 9 nitrogen and oxygen atoms in total. The minimum absolute atomic E-state index is 0.0171. The van der Waals surface area contributed by atoms with Crippen LogP contribution in [0.2, 0.25) is 0 Å². The molecule has 1 heterocycles. The molecule has 0 spiro atoms. The summed E-state index contributed by atoms with van der Waals surface area (Å²) in [4.78, 5) is 25.2. The zero-order valence-corrected chi connectivity index (χ0v) is 22.5. The van der Waals surface area contributed by atoms with E-state index >= 15 is 0 Å². The molecule has 38 heavy (non-hydrogen) atoms. The standard InChI is InChI=1S/C29H42O9/c1-16(7-8-17-14-24(31)38-27(17,28(32,33)34)29(35,36)37)19-9-10-20-18-15-23(30)22-6-4-5-12-25(22,2)21(18)11-13-26(19,20)3/h14-16,19-22,32-37H,4-13H2,1-3H3/t16-,19-,20+,21+,22?,25-,26-/m1/s1. The summed E-state index contributed by atoms with van der Waals surface area (Å²) in [5.41, 5.74) is -2.18. The molecule has 0 aromatic carbocycles. The van der Waals surface area contributed by atoms with Crippen LogP contribution in [0.5, 0.6) is 0 Å². The summed E-state index contributed by atoms with van der Waals surface area (Å²) in [6.45, 7) is 6.73. The van der Waals surface area contributed by atoms with Gasteiger partial charge in [-0.3, -0.25) is 4.79 Å². The summed E-state index contributed by atoms with van der Waals surface area (Å²) in [5, 5.41) is 59.3. The van der Waals surface area contributed by atoms with Gasteiger partial charge in [0, 0.05) is 12.0 Å². The zero-order chi connectivity index (χ0) is 27.9. The third-order valence-electron chi connectivity index (χ3n) is 11.4. The van der Waals surface area contributed by atoms with Crippen LogP contribution in [-0.4, -0.2) is 59.9 Å². The fourth-order valence-electron chi connectivity index (χ4n) is 9.50. The van der Waals surface area contributed by atoms with E-state index in [4.69, 9.17) is 4.74 Å². The van der Waals surface area contributed by atoms with Crippen molar-refractivity contribution in [2.24, 2.45) is 40.4 Å². The number of esters is 1. The first-order valence-corrected chi connectivity index (χ1v) is 14.1. The van der Waals surface area contributed by atoms with E-state index in [0.717, 1.165) is 51.0 Å². The first kappa shape index (κ1) is 27.9. The van der Waals surface area contributed by atoms with Gasteiger partial charge in [-0.15, -0.1) is 0 Å². The highest BCUT2D eigenvalue weighted by Crippen LogP contribution is 2.66. The molecule has 6 N–H and O–H groups in total. The average Bonchev–Trinajstić information content (AvgIpc) is 3.34. The number of fused-ring (bicyclic) bond motifs is 5. The van der Waals surface area contributed by atoms with Gasteiger partial charge in [0.15, 0.2) is 5.78 Å². The second kappa shape index (κ2) is 8.94. The second-order valence-corrected chi connectivity index (χ2v) is 13.2. The Morgan fingerprint density at radius 1 is 0.868 bits per heavy atom. The van der Waals surface area contributed by atoms with Crippen LogP contribution in [0.1, 0.15) is 85.0 Å². The minimum Gasteiger partial charge on any atom is -0.434 e. The van der Waals surface area contributed by atoms with Crippen LogP contribution in [0.15, 0.2) is 23.3 Å². The van der Waals surface area contributed by atoms with E-state index < -0.39 is 23.5 Å². The van der Waals surface area contributed by atoms with Crippen molar-refractivity contribution >= 4 is 11.8 Å². The number of cyclic esters (lactones) is 1. The monoisotopic (exact) mass is 534 g/mol. The van der Waals surface area contributed by atoms with Gasteiger partial charge in [0.2, 0.25) is 0 Å². The van der Waals surface area contributed by atoms with E-state index in [2.05, 4.69) is 20.8 Å². The Balaban J connectivity index is 1.35. The Morgan fingerprint density at radius 2 is 1.53 bits per heavy atom. The van der Waals surface area contributed by atoms with Gasteiger partial charge >= 0.3 is 17.9 Å². The molecular weight excluding hydrogens is 492 g/mol. The van der Waals surface area contributed by atoms with Crippen molar-refractivity contribution in [1.29, 1.82) is 0 Å². The van der Waals surface area contributed by atoms with Crippen molar-refractivity contribution in [3.05, 3.63) is 23.3 Å². The fourth-order valence-corrected chi connectivity index (χ4v) is 9.50. The molecular formula is C29H42O9. The van der Waals surface area contributed by atoms with Crippen LogP contribution in [0, 0.1) is 40.4 Å². The van der Waals surface area contributed by atoms with Crippen LogP contribution in [0.25, 0.3) is 0 Å². The molecule has 1 unspecified atom stereocenters. The Hall–Kier alpha value is -1.62. The van der Waals surface area contributed by atoms with Crippen LogP contribution in [-0.2, 0) is 14.3 Å². The summed E-state index contributed by atoms with van der Waals surface area (Å²) < 4.78 is 4.70. The number of carbonyl (C=O) groups excluding carboxylic acids is 2. The second-order valence-electron chi connectivity index (χ2n) is 13.2. The molecule has 4 aliphatic carbocycles. The molecule has 7 atom stereocenters. The maximum absolute atomic E-state index is 13.3. The molecule has 5 aliphatic rings. The number of hydrogen-bond acceptors (Lipinski definition) is 9. The van der Waals surface area contributed by atoms with Gasteiger partial charge < -0.3 is 35.4 Å².